The maximum Gasteiger partial charge on any atom is 0.330 e. The number of rotatable bonds is 8. The van der Waals surface area contributed by atoms with Crippen molar-refractivity contribution in [1.29, 1.82) is 0 Å². The number of thioether (sulfide) groups is 1. The summed E-state index contributed by atoms with van der Waals surface area (Å²) in [6.07, 6.45) is 0.438. The molecular weight excluding hydrogens is 362 g/mol. The normalized spacial score (nSPS) is 12.8. The monoisotopic (exact) mass is 385 g/mol. The Bertz CT molecular complexity index is 790. The average molecular weight is 385 g/mol. The lowest BCUT2D eigenvalue weighted by Crippen LogP contribution is -2.39. The van der Waals surface area contributed by atoms with Crippen LogP contribution in [0.25, 0.3) is 0 Å². The van der Waals surface area contributed by atoms with Crippen LogP contribution >= 0.6 is 11.8 Å². The fraction of sp³-hybridized carbons (Fsp3) is 0.286. The molecular formula is C21H23NO4S. The summed E-state index contributed by atoms with van der Waals surface area (Å²) in [5.74, 6) is -1.70. The Kier molecular flexibility index (Phi) is 7.61. The second kappa shape index (κ2) is 9.92. The van der Waals surface area contributed by atoms with Gasteiger partial charge in [0.25, 0.3) is 0 Å². The third-order valence-electron chi connectivity index (χ3n) is 4.13. The van der Waals surface area contributed by atoms with E-state index in [9.17, 15) is 19.5 Å². The summed E-state index contributed by atoms with van der Waals surface area (Å²) >= 11 is 1.07. The van der Waals surface area contributed by atoms with Crippen molar-refractivity contribution in [3.63, 3.8) is 0 Å². The van der Waals surface area contributed by atoms with E-state index in [0.717, 1.165) is 22.9 Å². The molecule has 0 aromatic heterocycles. The van der Waals surface area contributed by atoms with Crippen LogP contribution in [-0.4, -0.2) is 27.9 Å². The standard InChI is InChI=1S/C21H23NO4S/c1-14-8-10-17(11-9-14)19(21(25)26)22-20(24)18(13-27-15(2)23)12-16-6-4-3-5-7-16/h3-11,18-19H,12-13H2,1-2H3,(H,22,24)(H,25,26). The van der Waals surface area contributed by atoms with Crippen LogP contribution in [0.3, 0.4) is 0 Å². The lowest BCUT2D eigenvalue weighted by atomic mass is 9.98. The molecule has 142 valence electrons. The van der Waals surface area contributed by atoms with Crippen LogP contribution in [0.2, 0.25) is 0 Å². The van der Waals surface area contributed by atoms with E-state index in [1.807, 2.05) is 49.4 Å². The highest BCUT2D eigenvalue weighted by atomic mass is 32.2. The predicted molar refractivity (Wildman–Crippen MR) is 106 cm³/mol. The highest BCUT2D eigenvalue weighted by Crippen LogP contribution is 2.19. The Labute approximate surface area is 163 Å². The molecule has 2 unspecified atom stereocenters. The van der Waals surface area contributed by atoms with Crippen LogP contribution in [-0.2, 0) is 20.8 Å². The molecule has 2 aromatic rings. The molecule has 2 rings (SSSR count). The molecule has 0 saturated heterocycles. The van der Waals surface area contributed by atoms with Crippen molar-refractivity contribution >= 4 is 28.8 Å². The third kappa shape index (κ3) is 6.57. The lowest BCUT2D eigenvalue weighted by Gasteiger charge is -2.20. The van der Waals surface area contributed by atoms with Crippen LogP contribution in [0.1, 0.15) is 29.7 Å². The highest BCUT2D eigenvalue weighted by molar-refractivity contribution is 8.13. The zero-order chi connectivity index (χ0) is 19.8. The summed E-state index contributed by atoms with van der Waals surface area (Å²) in [6, 6.07) is 15.4. The molecule has 0 aliphatic carbocycles. The summed E-state index contributed by atoms with van der Waals surface area (Å²) in [6.45, 7) is 3.36. The van der Waals surface area contributed by atoms with E-state index < -0.39 is 17.9 Å². The maximum absolute atomic E-state index is 12.8. The van der Waals surface area contributed by atoms with Crippen molar-refractivity contribution < 1.29 is 19.5 Å². The number of benzene rings is 2. The second-order valence-electron chi connectivity index (χ2n) is 6.38. The van der Waals surface area contributed by atoms with Gasteiger partial charge in [0.05, 0.1) is 5.92 Å². The van der Waals surface area contributed by atoms with E-state index in [-0.39, 0.29) is 11.0 Å². The molecule has 2 atom stereocenters. The number of carboxylic acid groups (broad SMARTS) is 1. The molecule has 0 saturated carbocycles. The van der Waals surface area contributed by atoms with Gasteiger partial charge in [0.1, 0.15) is 0 Å². The van der Waals surface area contributed by atoms with Crippen LogP contribution in [0, 0.1) is 12.8 Å². The molecule has 0 aliphatic heterocycles. The fourth-order valence-corrected chi connectivity index (χ4v) is 3.36. The van der Waals surface area contributed by atoms with Crippen LogP contribution in [0.4, 0.5) is 0 Å². The van der Waals surface area contributed by atoms with Gasteiger partial charge < -0.3 is 10.4 Å². The first-order valence-corrected chi connectivity index (χ1v) is 9.62. The second-order valence-corrected chi connectivity index (χ2v) is 7.58. The van der Waals surface area contributed by atoms with Crippen LogP contribution < -0.4 is 5.32 Å². The van der Waals surface area contributed by atoms with Gasteiger partial charge in [-0.3, -0.25) is 9.59 Å². The number of nitrogens with one attached hydrogen (secondary N) is 1. The lowest BCUT2D eigenvalue weighted by molar-refractivity contribution is -0.142. The van der Waals surface area contributed by atoms with Gasteiger partial charge in [-0.1, -0.05) is 71.9 Å². The van der Waals surface area contributed by atoms with Gasteiger partial charge in [-0.05, 0) is 24.5 Å². The summed E-state index contributed by atoms with van der Waals surface area (Å²) in [7, 11) is 0. The molecule has 0 fully saturated rings. The van der Waals surface area contributed by atoms with Crippen molar-refractivity contribution in [3.8, 4) is 0 Å². The first-order valence-electron chi connectivity index (χ1n) is 8.64. The molecule has 2 aromatic carbocycles. The largest absolute Gasteiger partial charge is 0.479 e. The summed E-state index contributed by atoms with van der Waals surface area (Å²) in [5, 5.41) is 12.1. The number of amides is 1. The Balaban J connectivity index is 2.17. The SMILES string of the molecule is CC(=O)SCC(Cc1ccccc1)C(=O)NC(C(=O)O)c1ccc(C)cc1. The van der Waals surface area contributed by atoms with Gasteiger partial charge in [0.15, 0.2) is 11.2 Å². The molecule has 1 amide bonds. The predicted octanol–water partition coefficient (Wildman–Crippen LogP) is 3.38. The minimum atomic E-state index is -1.13. The maximum atomic E-state index is 12.8. The van der Waals surface area contributed by atoms with Gasteiger partial charge in [-0.15, -0.1) is 0 Å². The summed E-state index contributed by atoms with van der Waals surface area (Å²) in [4.78, 5) is 35.9. The first-order chi connectivity index (χ1) is 12.9. The average Bonchev–Trinajstić information content (AvgIpc) is 2.64. The Morgan fingerprint density at radius 3 is 2.22 bits per heavy atom. The van der Waals surface area contributed by atoms with Gasteiger partial charge >= 0.3 is 5.97 Å². The first kappa shape index (κ1) is 20.7. The molecule has 0 spiro atoms. The molecule has 0 radical (unpaired) electrons. The summed E-state index contributed by atoms with van der Waals surface area (Å²) in [5.41, 5.74) is 2.48. The Morgan fingerprint density at radius 2 is 1.67 bits per heavy atom. The number of aryl methyl sites for hydroxylation is 1. The van der Waals surface area contributed by atoms with E-state index in [4.69, 9.17) is 0 Å². The Hall–Kier alpha value is -2.60. The van der Waals surface area contributed by atoms with Crippen molar-refractivity contribution in [1.82, 2.24) is 5.32 Å². The topological polar surface area (TPSA) is 83.5 Å². The van der Waals surface area contributed by atoms with Crippen molar-refractivity contribution in [2.24, 2.45) is 5.92 Å². The van der Waals surface area contributed by atoms with Gasteiger partial charge in [0, 0.05) is 12.7 Å². The van der Waals surface area contributed by atoms with Crippen molar-refractivity contribution in [2.75, 3.05) is 5.75 Å². The van der Waals surface area contributed by atoms with Crippen molar-refractivity contribution in [3.05, 3.63) is 71.3 Å². The number of carboxylic acids is 1. The number of aliphatic carboxylic acids is 1. The zero-order valence-electron chi connectivity index (χ0n) is 15.3. The molecule has 0 bridgehead atoms. The molecule has 0 aliphatic rings. The minimum Gasteiger partial charge on any atom is -0.479 e. The zero-order valence-corrected chi connectivity index (χ0v) is 16.2. The molecule has 5 nitrogen and oxygen atoms in total. The van der Waals surface area contributed by atoms with Crippen molar-refractivity contribution in [2.45, 2.75) is 26.3 Å². The Morgan fingerprint density at radius 1 is 1.04 bits per heavy atom. The van der Waals surface area contributed by atoms with E-state index in [1.165, 1.54) is 6.92 Å². The molecule has 0 heterocycles. The van der Waals surface area contributed by atoms with E-state index in [1.54, 1.807) is 12.1 Å². The third-order valence-corrected chi connectivity index (χ3v) is 5.10. The number of carbonyl (C=O) groups is 3. The molecule has 2 N–H and O–H groups in total. The van der Waals surface area contributed by atoms with E-state index in [0.29, 0.717) is 17.7 Å². The number of hydrogen-bond acceptors (Lipinski definition) is 4. The molecule has 27 heavy (non-hydrogen) atoms. The number of carbonyl (C=O) groups excluding carboxylic acids is 2. The smallest absolute Gasteiger partial charge is 0.330 e. The van der Waals surface area contributed by atoms with E-state index in [2.05, 4.69) is 5.32 Å². The minimum absolute atomic E-state index is 0.0748. The van der Waals surface area contributed by atoms with E-state index >= 15 is 0 Å². The quantitative estimate of drug-likeness (QED) is 0.728. The molecule has 6 heteroatoms. The fourth-order valence-electron chi connectivity index (χ4n) is 2.65. The number of hydrogen-bond donors (Lipinski definition) is 2. The van der Waals surface area contributed by atoms with Crippen LogP contribution in [0.5, 0.6) is 0 Å². The van der Waals surface area contributed by atoms with Crippen LogP contribution in [0.15, 0.2) is 54.6 Å². The van der Waals surface area contributed by atoms with Gasteiger partial charge in [-0.25, -0.2) is 4.79 Å². The summed E-state index contributed by atoms with van der Waals surface area (Å²) < 4.78 is 0. The highest BCUT2D eigenvalue weighted by Gasteiger charge is 2.27. The van der Waals surface area contributed by atoms with Gasteiger partial charge in [0.2, 0.25) is 5.91 Å². The van der Waals surface area contributed by atoms with Gasteiger partial charge in [-0.2, -0.15) is 0 Å².